The smallest absolute Gasteiger partial charge is 0.358 e. The standard InChI is InChI=1S/C18H20Si.CH3.Ag.HNO3/c1-2-10-16-19(15-9-1,17-11-5-3-6-12-17)18-13-7-4-8-14-18;;;2-1(3)4/h1-8,11-14H,9-10,15-16H2;1H3;;(H,2,3,4)/q;-1;+1;. The van der Waals surface area contributed by atoms with Crippen molar-refractivity contribution in [2.45, 2.75) is 24.9 Å². The molecule has 1 aliphatic rings. The summed E-state index contributed by atoms with van der Waals surface area (Å²) in [5, 5.41) is 16.8. The zero-order valence-corrected chi connectivity index (χ0v) is 16.8. The first-order valence-electron chi connectivity index (χ1n) is 7.74. The van der Waals surface area contributed by atoms with E-state index in [9.17, 15) is 0 Å². The number of hydrogen-bond acceptors (Lipinski definition) is 2. The van der Waals surface area contributed by atoms with Crippen molar-refractivity contribution >= 4 is 18.4 Å². The van der Waals surface area contributed by atoms with Crippen LogP contribution in [0.25, 0.3) is 0 Å². The molecule has 0 saturated heterocycles. The van der Waals surface area contributed by atoms with Crippen molar-refractivity contribution in [2.75, 3.05) is 0 Å². The second-order valence-electron chi connectivity index (χ2n) is 5.60. The van der Waals surface area contributed by atoms with Crippen molar-refractivity contribution in [1.29, 1.82) is 0 Å². The van der Waals surface area contributed by atoms with Gasteiger partial charge in [-0.2, -0.15) is 0 Å². The maximum atomic E-state index is 8.36. The Morgan fingerprint density at radius 3 is 1.48 bits per heavy atom. The normalized spacial score (nSPS) is 14.6. The maximum Gasteiger partial charge on any atom is 1.00 e. The van der Waals surface area contributed by atoms with E-state index in [0.29, 0.717) is 0 Å². The summed E-state index contributed by atoms with van der Waals surface area (Å²) in [5.74, 6) is 0. The Hall–Kier alpha value is -1.66. The van der Waals surface area contributed by atoms with Gasteiger partial charge in [-0.25, -0.2) is 0 Å². The molecular weight excluding hydrogens is 426 g/mol. The van der Waals surface area contributed by atoms with Crippen molar-refractivity contribution < 1.29 is 32.7 Å². The molecule has 0 saturated carbocycles. The number of rotatable bonds is 2. The number of nitrogens with zero attached hydrogens (tertiary/aromatic N) is 1. The molecule has 2 aromatic carbocycles. The van der Waals surface area contributed by atoms with Crippen LogP contribution in [0, 0.1) is 17.5 Å². The summed E-state index contributed by atoms with van der Waals surface area (Å²) < 4.78 is 0. The van der Waals surface area contributed by atoms with Crippen LogP contribution in [0.1, 0.15) is 12.8 Å². The zero-order valence-electron chi connectivity index (χ0n) is 14.3. The molecule has 2 aromatic rings. The van der Waals surface area contributed by atoms with Crippen LogP contribution in [-0.4, -0.2) is 18.4 Å². The Balaban J connectivity index is 0.000000874. The Morgan fingerprint density at radius 2 is 1.16 bits per heavy atom. The van der Waals surface area contributed by atoms with E-state index in [1.807, 2.05) is 0 Å². The van der Waals surface area contributed by atoms with Gasteiger partial charge in [0, 0.05) is 0 Å². The van der Waals surface area contributed by atoms with Crippen molar-refractivity contribution in [2.24, 2.45) is 0 Å². The van der Waals surface area contributed by atoms with E-state index in [0.717, 1.165) is 0 Å². The van der Waals surface area contributed by atoms with E-state index in [1.165, 1.54) is 24.9 Å². The fraction of sp³-hybridized carbons (Fsp3) is 0.211. The monoisotopic (exact) mass is 449 g/mol. The molecule has 0 aromatic heterocycles. The van der Waals surface area contributed by atoms with Gasteiger partial charge in [0.05, 0.1) is 0 Å². The van der Waals surface area contributed by atoms with Gasteiger partial charge in [0.2, 0.25) is 0 Å². The van der Waals surface area contributed by atoms with Crippen LogP contribution in [0.2, 0.25) is 12.1 Å². The third-order valence-electron chi connectivity index (χ3n) is 4.29. The summed E-state index contributed by atoms with van der Waals surface area (Å²) >= 11 is 0. The molecule has 0 radical (unpaired) electrons. The Morgan fingerprint density at radius 1 is 0.840 bits per heavy atom. The third kappa shape index (κ3) is 6.63. The Labute approximate surface area is 166 Å². The maximum absolute atomic E-state index is 8.36. The zero-order chi connectivity index (χ0) is 16.5. The van der Waals surface area contributed by atoms with Crippen LogP contribution in [0.4, 0.5) is 0 Å². The SMILES string of the molecule is C1=CCC[Si](c2ccccc2)(c2ccccc2)CC1.O=[N+]([O-])O.[Ag+].[CH3-]. The van der Waals surface area contributed by atoms with Gasteiger partial charge in [0.25, 0.3) is 5.09 Å². The second-order valence-corrected chi connectivity index (χ2v) is 9.92. The average Bonchev–Trinajstić information content (AvgIpc) is 2.83. The number of allylic oxidation sites excluding steroid dienone is 2. The molecular formula is C19H24AgNO3Si. The summed E-state index contributed by atoms with van der Waals surface area (Å²) in [5.41, 5.74) is 0. The van der Waals surface area contributed by atoms with Crippen molar-refractivity contribution in [3.63, 3.8) is 0 Å². The number of hydrogen-bond donors (Lipinski definition) is 1. The molecule has 0 bridgehead atoms. The Kier molecular flexibility index (Phi) is 11.0. The van der Waals surface area contributed by atoms with Crippen LogP contribution >= 0.6 is 0 Å². The van der Waals surface area contributed by atoms with Gasteiger partial charge in [0.1, 0.15) is 8.07 Å². The minimum absolute atomic E-state index is 0. The molecule has 138 valence electrons. The van der Waals surface area contributed by atoms with Gasteiger partial charge < -0.3 is 12.6 Å². The molecule has 0 aliphatic carbocycles. The van der Waals surface area contributed by atoms with Crippen LogP contribution < -0.4 is 10.4 Å². The van der Waals surface area contributed by atoms with Gasteiger partial charge in [0.15, 0.2) is 0 Å². The van der Waals surface area contributed by atoms with E-state index in [-0.39, 0.29) is 29.8 Å². The quantitative estimate of drug-likeness (QED) is 0.250. The molecule has 25 heavy (non-hydrogen) atoms. The summed E-state index contributed by atoms with van der Waals surface area (Å²) in [6, 6.07) is 25.2. The molecule has 0 unspecified atom stereocenters. The minimum Gasteiger partial charge on any atom is -0.358 e. The van der Waals surface area contributed by atoms with E-state index in [4.69, 9.17) is 15.3 Å². The molecule has 0 atom stereocenters. The first kappa shape index (κ1) is 23.3. The molecule has 1 N–H and O–H groups in total. The summed E-state index contributed by atoms with van der Waals surface area (Å²) in [4.78, 5) is 8.36. The average molecular weight is 450 g/mol. The molecule has 4 nitrogen and oxygen atoms in total. The fourth-order valence-corrected chi connectivity index (χ4v) is 8.00. The summed E-state index contributed by atoms with van der Waals surface area (Å²) in [7, 11) is -1.55. The summed E-state index contributed by atoms with van der Waals surface area (Å²) in [6.07, 6.45) is 7.22. The van der Waals surface area contributed by atoms with Crippen LogP contribution in [0.3, 0.4) is 0 Å². The van der Waals surface area contributed by atoms with Gasteiger partial charge in [-0.15, -0.1) is 10.1 Å². The van der Waals surface area contributed by atoms with Gasteiger partial charge in [-0.1, -0.05) is 83.2 Å². The largest absolute Gasteiger partial charge is 1.00 e. The van der Waals surface area contributed by atoms with E-state index in [1.54, 1.807) is 10.4 Å². The van der Waals surface area contributed by atoms with Crippen molar-refractivity contribution in [3.8, 4) is 0 Å². The number of benzene rings is 2. The first-order chi connectivity index (χ1) is 11.1. The van der Waals surface area contributed by atoms with Crippen LogP contribution in [0.15, 0.2) is 72.8 Å². The molecule has 3 rings (SSSR count). The molecule has 0 fully saturated rings. The van der Waals surface area contributed by atoms with Crippen LogP contribution in [0.5, 0.6) is 0 Å². The minimum atomic E-state index is -1.55. The second kappa shape index (κ2) is 11.8. The van der Waals surface area contributed by atoms with Crippen molar-refractivity contribution in [1.82, 2.24) is 0 Å². The molecule has 6 heteroatoms. The first-order valence-corrected chi connectivity index (χ1v) is 10.2. The third-order valence-corrected chi connectivity index (χ3v) is 9.46. The molecule has 0 spiro atoms. The summed E-state index contributed by atoms with van der Waals surface area (Å²) in [6.45, 7) is 0. The van der Waals surface area contributed by atoms with Crippen LogP contribution in [-0.2, 0) is 22.4 Å². The fourth-order valence-electron chi connectivity index (χ4n) is 3.28. The Bertz CT molecular complexity index is 595. The molecule has 1 aliphatic heterocycles. The van der Waals surface area contributed by atoms with Gasteiger partial charge in [-0.3, -0.25) is 0 Å². The van der Waals surface area contributed by atoms with Gasteiger partial charge in [-0.05, 0) is 24.9 Å². The predicted octanol–water partition coefficient (Wildman–Crippen LogP) is 3.70. The van der Waals surface area contributed by atoms with E-state index in [2.05, 4.69) is 72.8 Å². The molecule has 0 amide bonds. The van der Waals surface area contributed by atoms with Crippen molar-refractivity contribution in [3.05, 3.63) is 90.4 Å². The van der Waals surface area contributed by atoms with E-state index < -0.39 is 13.2 Å². The van der Waals surface area contributed by atoms with Gasteiger partial charge >= 0.3 is 22.4 Å². The predicted molar refractivity (Wildman–Crippen MR) is 101 cm³/mol. The molecule has 1 heterocycles. The van der Waals surface area contributed by atoms with E-state index >= 15 is 0 Å². The topological polar surface area (TPSA) is 63.4 Å².